The Morgan fingerprint density at radius 3 is 2.78 bits per heavy atom. The Hall–Kier alpha value is -1.60. The van der Waals surface area contributed by atoms with E-state index >= 15 is 0 Å². The third-order valence-electron chi connectivity index (χ3n) is 2.36. The number of carbonyl (C=O) groups is 2. The molecule has 0 aliphatic rings. The van der Waals surface area contributed by atoms with Crippen molar-refractivity contribution in [3.05, 3.63) is 39.4 Å². The maximum atomic E-state index is 12.0. The van der Waals surface area contributed by atoms with E-state index in [1.807, 2.05) is 0 Å². The van der Waals surface area contributed by atoms with Crippen LogP contribution in [0.1, 0.15) is 20.8 Å². The average molecular weight is 328 g/mol. The number of amides is 2. The van der Waals surface area contributed by atoms with E-state index in [2.05, 4.69) is 21.2 Å². The van der Waals surface area contributed by atoms with Crippen molar-refractivity contribution in [1.29, 1.82) is 0 Å². The van der Waals surface area contributed by atoms with Gasteiger partial charge in [0.05, 0.1) is 5.56 Å². The van der Waals surface area contributed by atoms with Gasteiger partial charge in [0.15, 0.2) is 0 Å². The van der Waals surface area contributed by atoms with Gasteiger partial charge in [0.1, 0.15) is 10.7 Å². The van der Waals surface area contributed by atoms with Gasteiger partial charge in [0, 0.05) is 17.7 Å². The van der Waals surface area contributed by atoms with E-state index in [1.165, 1.54) is 11.3 Å². The number of anilines is 1. The first kappa shape index (κ1) is 12.8. The van der Waals surface area contributed by atoms with E-state index in [0.29, 0.717) is 16.3 Å². The zero-order valence-electron chi connectivity index (χ0n) is 9.44. The molecule has 94 valence electrons. The molecule has 18 heavy (non-hydrogen) atoms. The van der Waals surface area contributed by atoms with Crippen LogP contribution in [0.4, 0.5) is 5.00 Å². The molecular formula is C11H10BrN3O2S. The second-order valence-corrected chi connectivity index (χ2v) is 5.47. The molecule has 7 heteroatoms. The number of carbonyl (C=O) groups excluding carboxylic acids is 2. The number of thiophene rings is 1. The quantitative estimate of drug-likeness (QED) is 0.906. The maximum Gasteiger partial charge on any atom is 0.272 e. The molecule has 0 spiro atoms. The molecule has 0 radical (unpaired) electrons. The van der Waals surface area contributed by atoms with Crippen LogP contribution in [0, 0.1) is 0 Å². The number of nitrogens with zero attached hydrogens (tertiary/aromatic N) is 1. The first-order valence-corrected chi connectivity index (χ1v) is 6.67. The largest absolute Gasteiger partial charge is 0.366 e. The third kappa shape index (κ3) is 2.46. The molecule has 0 aromatic carbocycles. The van der Waals surface area contributed by atoms with Gasteiger partial charge in [-0.2, -0.15) is 0 Å². The number of nitrogens with two attached hydrogens (primary N) is 1. The van der Waals surface area contributed by atoms with Gasteiger partial charge < -0.3 is 15.6 Å². The zero-order valence-corrected chi connectivity index (χ0v) is 11.8. The highest BCUT2D eigenvalue weighted by atomic mass is 79.9. The van der Waals surface area contributed by atoms with Crippen LogP contribution in [0.15, 0.2) is 28.2 Å². The normalized spacial score (nSPS) is 10.3. The molecule has 0 fully saturated rings. The molecule has 2 aromatic rings. The molecule has 2 amide bonds. The maximum absolute atomic E-state index is 12.0. The van der Waals surface area contributed by atoms with Gasteiger partial charge >= 0.3 is 0 Å². The fourth-order valence-electron chi connectivity index (χ4n) is 1.52. The Labute approximate surface area is 116 Å². The SMILES string of the molecule is Cn1cc(Br)cc1C(=O)Nc1sccc1C(N)=O. The number of rotatable bonds is 3. The predicted molar refractivity (Wildman–Crippen MR) is 73.9 cm³/mol. The molecule has 0 saturated heterocycles. The van der Waals surface area contributed by atoms with Crippen molar-refractivity contribution in [2.24, 2.45) is 12.8 Å². The number of hydrogen-bond donors (Lipinski definition) is 2. The van der Waals surface area contributed by atoms with Crippen molar-refractivity contribution in [2.45, 2.75) is 0 Å². The minimum Gasteiger partial charge on any atom is -0.366 e. The molecule has 0 unspecified atom stereocenters. The average Bonchev–Trinajstić information content (AvgIpc) is 2.85. The van der Waals surface area contributed by atoms with Gasteiger partial charge in [-0.05, 0) is 33.4 Å². The number of hydrogen-bond acceptors (Lipinski definition) is 3. The van der Waals surface area contributed by atoms with Crippen molar-refractivity contribution in [3.63, 3.8) is 0 Å². The Balaban J connectivity index is 2.24. The van der Waals surface area contributed by atoms with Gasteiger partial charge in [-0.15, -0.1) is 11.3 Å². The van der Waals surface area contributed by atoms with Crippen LogP contribution >= 0.6 is 27.3 Å². The minimum atomic E-state index is -0.556. The Kier molecular flexibility index (Phi) is 3.53. The first-order chi connectivity index (χ1) is 8.49. The highest BCUT2D eigenvalue weighted by Gasteiger charge is 2.16. The van der Waals surface area contributed by atoms with Crippen LogP contribution < -0.4 is 11.1 Å². The van der Waals surface area contributed by atoms with E-state index in [9.17, 15) is 9.59 Å². The Morgan fingerprint density at radius 1 is 1.50 bits per heavy atom. The van der Waals surface area contributed by atoms with E-state index in [0.717, 1.165) is 4.47 Å². The number of nitrogens with one attached hydrogen (secondary N) is 1. The van der Waals surface area contributed by atoms with Gasteiger partial charge in [-0.3, -0.25) is 9.59 Å². The highest BCUT2D eigenvalue weighted by Crippen LogP contribution is 2.24. The first-order valence-electron chi connectivity index (χ1n) is 4.99. The zero-order chi connectivity index (χ0) is 13.3. The summed E-state index contributed by atoms with van der Waals surface area (Å²) < 4.78 is 2.51. The summed E-state index contributed by atoms with van der Waals surface area (Å²) in [5.74, 6) is -0.840. The molecule has 2 heterocycles. The van der Waals surface area contributed by atoms with Gasteiger partial charge in [-0.25, -0.2) is 0 Å². The second kappa shape index (κ2) is 4.95. The molecule has 2 aromatic heterocycles. The van der Waals surface area contributed by atoms with Crippen LogP contribution in [-0.4, -0.2) is 16.4 Å². The molecule has 0 aliphatic carbocycles. The summed E-state index contributed by atoms with van der Waals surface area (Å²) in [7, 11) is 1.77. The van der Waals surface area contributed by atoms with E-state index in [1.54, 1.807) is 35.3 Å². The standard InChI is InChI=1S/C11H10BrN3O2S/c1-15-5-6(12)4-8(15)10(17)14-11-7(9(13)16)2-3-18-11/h2-5H,1H3,(H2,13,16)(H,14,17). The topological polar surface area (TPSA) is 77.1 Å². The van der Waals surface area contributed by atoms with Gasteiger partial charge in [0.2, 0.25) is 0 Å². The third-order valence-corrected chi connectivity index (χ3v) is 3.63. The van der Waals surface area contributed by atoms with Crippen molar-refractivity contribution in [1.82, 2.24) is 4.57 Å². The lowest BCUT2D eigenvalue weighted by Crippen LogP contribution is -2.18. The summed E-state index contributed by atoms with van der Waals surface area (Å²) in [6, 6.07) is 3.29. The van der Waals surface area contributed by atoms with Crippen molar-refractivity contribution < 1.29 is 9.59 Å². The van der Waals surface area contributed by atoms with E-state index in [-0.39, 0.29) is 5.91 Å². The minimum absolute atomic E-state index is 0.284. The van der Waals surface area contributed by atoms with Crippen LogP contribution in [0.5, 0.6) is 0 Å². The van der Waals surface area contributed by atoms with Crippen LogP contribution in [0.2, 0.25) is 0 Å². The van der Waals surface area contributed by atoms with Crippen LogP contribution in [0.3, 0.4) is 0 Å². The van der Waals surface area contributed by atoms with Gasteiger partial charge in [-0.1, -0.05) is 0 Å². The van der Waals surface area contributed by atoms with E-state index < -0.39 is 5.91 Å². The summed E-state index contributed by atoms with van der Waals surface area (Å²) in [6.07, 6.45) is 1.78. The van der Waals surface area contributed by atoms with Crippen molar-refractivity contribution in [2.75, 3.05) is 5.32 Å². The van der Waals surface area contributed by atoms with Crippen molar-refractivity contribution >= 4 is 44.1 Å². The molecule has 3 N–H and O–H groups in total. The summed E-state index contributed by atoms with van der Waals surface area (Å²) in [5.41, 5.74) is 6.02. The number of primary amides is 1. The summed E-state index contributed by atoms with van der Waals surface area (Å²) in [5, 5.41) is 4.85. The van der Waals surface area contributed by atoms with Crippen LogP contribution in [0.25, 0.3) is 0 Å². The summed E-state index contributed by atoms with van der Waals surface area (Å²) in [6.45, 7) is 0. The van der Waals surface area contributed by atoms with E-state index in [4.69, 9.17) is 5.73 Å². The monoisotopic (exact) mass is 327 g/mol. The lowest BCUT2D eigenvalue weighted by Gasteiger charge is -2.05. The fraction of sp³-hybridized carbons (Fsp3) is 0.0909. The second-order valence-electron chi connectivity index (χ2n) is 3.64. The number of aryl methyl sites for hydroxylation is 1. The number of halogens is 1. The Bertz CT molecular complexity index is 618. The summed E-state index contributed by atoms with van der Waals surface area (Å²) in [4.78, 5) is 23.2. The molecular weight excluding hydrogens is 318 g/mol. The summed E-state index contributed by atoms with van der Waals surface area (Å²) >= 11 is 4.55. The predicted octanol–water partition coefficient (Wildman–Crippen LogP) is 2.20. The van der Waals surface area contributed by atoms with Crippen molar-refractivity contribution in [3.8, 4) is 0 Å². The Morgan fingerprint density at radius 2 is 2.22 bits per heavy atom. The smallest absolute Gasteiger partial charge is 0.272 e. The fourth-order valence-corrected chi connectivity index (χ4v) is 2.83. The molecule has 5 nitrogen and oxygen atoms in total. The lowest BCUT2D eigenvalue weighted by atomic mass is 10.3. The van der Waals surface area contributed by atoms with Gasteiger partial charge in [0.25, 0.3) is 11.8 Å². The molecule has 0 atom stereocenters. The molecule has 0 saturated carbocycles. The molecule has 0 bridgehead atoms. The number of aromatic nitrogens is 1. The lowest BCUT2D eigenvalue weighted by molar-refractivity contribution is 0.100. The molecule has 2 rings (SSSR count). The van der Waals surface area contributed by atoms with Crippen LogP contribution in [-0.2, 0) is 7.05 Å². The highest BCUT2D eigenvalue weighted by molar-refractivity contribution is 9.10. The molecule has 0 aliphatic heterocycles.